The van der Waals surface area contributed by atoms with Gasteiger partial charge in [0.2, 0.25) is 0 Å². The summed E-state index contributed by atoms with van der Waals surface area (Å²) in [4.78, 5) is 27.7. The second kappa shape index (κ2) is 12.1. The Hall–Kier alpha value is -5.35. The van der Waals surface area contributed by atoms with Crippen LogP contribution in [0.25, 0.3) is 21.5 Å². The average molecular weight is 626 g/mol. The van der Waals surface area contributed by atoms with Crippen LogP contribution < -0.4 is 9.80 Å². The monoisotopic (exact) mass is 625 g/mol. The number of hydrogen-bond donors (Lipinski definition) is 2. The Kier molecular flexibility index (Phi) is 8.15. The van der Waals surface area contributed by atoms with E-state index < -0.39 is 17.4 Å². The maximum atomic E-state index is 11.7. The van der Waals surface area contributed by atoms with Crippen molar-refractivity contribution in [2.75, 3.05) is 22.9 Å². The first-order valence-corrected chi connectivity index (χ1v) is 16.0. The van der Waals surface area contributed by atoms with Crippen molar-refractivity contribution in [3.05, 3.63) is 119 Å². The summed E-state index contributed by atoms with van der Waals surface area (Å²) in [6, 6.07) is 26.9. The predicted octanol–water partition coefficient (Wildman–Crippen LogP) is 8.10. The fourth-order valence-corrected chi connectivity index (χ4v) is 7.46. The number of carboxylic acids is 2. The van der Waals surface area contributed by atoms with Crippen molar-refractivity contribution in [2.45, 2.75) is 57.4 Å². The maximum Gasteiger partial charge on any atom is 0.305 e. The molecule has 0 fully saturated rings. The first-order valence-electron chi connectivity index (χ1n) is 16.0. The Balaban J connectivity index is 1.40. The zero-order valence-electron chi connectivity index (χ0n) is 27.2. The number of aliphatic carboxylic acids is 2. The van der Waals surface area contributed by atoms with Crippen LogP contribution >= 0.6 is 0 Å². The summed E-state index contributed by atoms with van der Waals surface area (Å²) in [5.74, 6) is -1.73. The molecule has 0 amide bonds. The molecule has 7 heteroatoms. The number of hydrogen-bond acceptors (Lipinski definition) is 5. The minimum Gasteiger partial charge on any atom is -0.481 e. The van der Waals surface area contributed by atoms with Crippen LogP contribution in [0.15, 0.2) is 108 Å². The molecule has 0 saturated carbocycles. The molecule has 2 heterocycles. The molecule has 4 aromatic carbocycles. The predicted molar refractivity (Wildman–Crippen MR) is 188 cm³/mol. The number of carbonyl (C=O) groups is 2. The van der Waals surface area contributed by atoms with Crippen LogP contribution in [0.4, 0.5) is 11.4 Å². The molecule has 2 aliphatic rings. The number of allylic oxidation sites excluding steroid dienone is 5. The summed E-state index contributed by atoms with van der Waals surface area (Å²) in [7, 11) is 0. The zero-order chi connectivity index (χ0) is 33.5. The van der Waals surface area contributed by atoms with Gasteiger partial charge in [0.15, 0.2) is 0 Å². The van der Waals surface area contributed by atoms with E-state index in [4.69, 9.17) is 0 Å². The van der Waals surface area contributed by atoms with Crippen LogP contribution in [0.1, 0.15) is 51.7 Å². The smallest absolute Gasteiger partial charge is 0.305 e. The van der Waals surface area contributed by atoms with Crippen molar-refractivity contribution in [1.82, 2.24) is 0 Å². The first kappa shape index (κ1) is 31.6. The van der Waals surface area contributed by atoms with Crippen LogP contribution in [0.2, 0.25) is 0 Å². The molecule has 6 rings (SSSR count). The summed E-state index contributed by atoms with van der Waals surface area (Å²) >= 11 is 0. The largest absolute Gasteiger partial charge is 0.481 e. The molecule has 0 aliphatic carbocycles. The van der Waals surface area contributed by atoms with E-state index in [-0.39, 0.29) is 24.3 Å². The quantitative estimate of drug-likeness (QED) is 0.143. The van der Waals surface area contributed by atoms with Gasteiger partial charge in [-0.1, -0.05) is 107 Å². The molecule has 4 aromatic rings. The number of anilines is 2. The Morgan fingerprint density at radius 3 is 2.00 bits per heavy atom. The van der Waals surface area contributed by atoms with Crippen LogP contribution in [0.5, 0.6) is 0 Å². The molecule has 1 atom stereocenters. The average Bonchev–Trinajstić information content (AvgIpc) is 3.41. The Labute approximate surface area is 275 Å². The normalized spacial score (nSPS) is 19.0. The van der Waals surface area contributed by atoms with Crippen LogP contribution in [-0.2, 0) is 20.4 Å². The van der Waals surface area contributed by atoms with Gasteiger partial charge in [0, 0.05) is 46.1 Å². The highest BCUT2D eigenvalue weighted by atomic mass is 16.4. The summed E-state index contributed by atoms with van der Waals surface area (Å²) in [5, 5.41) is 33.8. The second-order valence-corrected chi connectivity index (χ2v) is 13.4. The van der Waals surface area contributed by atoms with Gasteiger partial charge < -0.3 is 20.0 Å². The molecule has 0 bridgehead atoms. The fourth-order valence-electron chi connectivity index (χ4n) is 7.46. The molecule has 238 valence electrons. The van der Waals surface area contributed by atoms with Gasteiger partial charge in [-0.15, -0.1) is 0 Å². The van der Waals surface area contributed by atoms with E-state index in [9.17, 15) is 25.1 Å². The molecule has 7 nitrogen and oxygen atoms in total. The van der Waals surface area contributed by atoms with Gasteiger partial charge >= 0.3 is 11.9 Å². The van der Waals surface area contributed by atoms with Crippen LogP contribution in [0.3, 0.4) is 0 Å². The minimum atomic E-state index is -0.868. The standard InChI is InChI=1S/C40H39N3O4/c1-39(2)31-17-15-27-9-5-7-11-29(27)37(31)42(23-21-35(44)45)33(39)19-13-26(25-41)14-20-34-40(3,4)32-18-16-28-10-6-8-12-30(28)38(32)43(34)24-22-36(46)47/h5-20,33H,21-24H2,1-4H3,(H,44,45)(H,46,47). The SMILES string of the molecule is CC1(C)C(=CC=C(C#N)C=CC2N(CCC(=O)O)c3c(ccc4ccccc34)C2(C)C)N(CCC(=O)O)c2c1ccc1ccccc21. The van der Waals surface area contributed by atoms with Gasteiger partial charge in [-0.2, -0.15) is 5.26 Å². The Bertz CT molecular complexity index is 2050. The Morgan fingerprint density at radius 1 is 0.809 bits per heavy atom. The van der Waals surface area contributed by atoms with Gasteiger partial charge in [-0.05, 0) is 40.1 Å². The summed E-state index contributed by atoms with van der Waals surface area (Å²) < 4.78 is 0. The van der Waals surface area contributed by atoms with Crippen LogP contribution in [-0.4, -0.2) is 41.3 Å². The fraction of sp³-hybridized carbons (Fsp3) is 0.275. The minimum absolute atomic E-state index is 0.00731. The molecule has 2 aliphatic heterocycles. The summed E-state index contributed by atoms with van der Waals surface area (Å²) in [5.41, 5.74) is 4.90. The molecule has 1 unspecified atom stereocenters. The van der Waals surface area contributed by atoms with Gasteiger partial charge in [-0.25, -0.2) is 0 Å². The number of rotatable bonds is 9. The van der Waals surface area contributed by atoms with Crippen LogP contribution in [0, 0.1) is 11.3 Å². The summed E-state index contributed by atoms with van der Waals surface area (Å²) in [6.07, 6.45) is 7.58. The van der Waals surface area contributed by atoms with E-state index >= 15 is 0 Å². The lowest BCUT2D eigenvalue weighted by Crippen LogP contribution is -2.41. The van der Waals surface area contributed by atoms with E-state index in [1.54, 1.807) is 0 Å². The van der Waals surface area contributed by atoms with Gasteiger partial charge in [0.1, 0.15) is 0 Å². The van der Waals surface area contributed by atoms with Crippen molar-refractivity contribution in [3.63, 3.8) is 0 Å². The third kappa shape index (κ3) is 5.54. The molecule has 47 heavy (non-hydrogen) atoms. The van der Waals surface area contributed by atoms with Crippen molar-refractivity contribution in [3.8, 4) is 6.07 Å². The van der Waals surface area contributed by atoms with E-state index in [0.717, 1.165) is 49.7 Å². The molecule has 0 saturated heterocycles. The van der Waals surface area contributed by atoms with E-state index in [2.05, 4.69) is 92.1 Å². The molecule has 0 radical (unpaired) electrons. The molecule has 0 spiro atoms. The summed E-state index contributed by atoms with van der Waals surface area (Å²) in [6.45, 7) is 9.23. The lowest BCUT2D eigenvalue weighted by molar-refractivity contribution is -0.137. The van der Waals surface area contributed by atoms with E-state index in [0.29, 0.717) is 18.7 Å². The van der Waals surface area contributed by atoms with Crippen molar-refractivity contribution in [1.29, 1.82) is 5.26 Å². The topological polar surface area (TPSA) is 105 Å². The highest BCUT2D eigenvalue weighted by molar-refractivity contribution is 6.00. The van der Waals surface area contributed by atoms with Crippen molar-refractivity contribution < 1.29 is 19.8 Å². The number of benzene rings is 4. The number of nitriles is 1. The van der Waals surface area contributed by atoms with E-state index in [1.807, 2.05) is 48.6 Å². The lowest BCUT2D eigenvalue weighted by Gasteiger charge is -2.32. The Morgan fingerprint density at radius 2 is 1.38 bits per heavy atom. The number of carboxylic acid groups (broad SMARTS) is 2. The second-order valence-electron chi connectivity index (χ2n) is 13.4. The number of nitrogens with zero attached hydrogens (tertiary/aromatic N) is 3. The highest BCUT2D eigenvalue weighted by Gasteiger charge is 2.44. The van der Waals surface area contributed by atoms with Gasteiger partial charge in [-0.3, -0.25) is 9.59 Å². The molecule has 0 aromatic heterocycles. The van der Waals surface area contributed by atoms with Crippen molar-refractivity contribution in [2.24, 2.45) is 0 Å². The molecular weight excluding hydrogens is 586 g/mol. The maximum absolute atomic E-state index is 11.7. The molecular formula is C40H39N3O4. The van der Waals surface area contributed by atoms with E-state index in [1.165, 1.54) is 0 Å². The first-order chi connectivity index (χ1) is 22.4. The van der Waals surface area contributed by atoms with Gasteiger partial charge in [0.05, 0.1) is 36.2 Å². The molecule has 2 N–H and O–H groups in total. The third-order valence-corrected chi connectivity index (χ3v) is 9.86. The van der Waals surface area contributed by atoms with Gasteiger partial charge in [0.25, 0.3) is 0 Å². The highest BCUT2D eigenvalue weighted by Crippen LogP contribution is 2.51. The lowest BCUT2D eigenvalue weighted by atomic mass is 9.79. The zero-order valence-corrected chi connectivity index (χ0v) is 27.2. The van der Waals surface area contributed by atoms with Crippen molar-refractivity contribution >= 4 is 44.9 Å². The third-order valence-electron chi connectivity index (χ3n) is 9.86. The number of fused-ring (bicyclic) bond motifs is 6.